The van der Waals surface area contributed by atoms with Crippen molar-refractivity contribution < 1.29 is 24.2 Å². The van der Waals surface area contributed by atoms with Gasteiger partial charge in [0, 0.05) is 29.2 Å². The topological polar surface area (TPSA) is 97.0 Å². The maximum Gasteiger partial charge on any atom is 0.306 e. The standard InChI is InChI=1S/C23H24O6/c1-13(2)9-15(10-20(27)28-3)21-16(24)11-17(25)22-18(26)12-19(29-23(21)22)14-7-5-4-6-8-14/h4-8,11-13,15,24-25H,9-10H2,1-3H3/t15-/m0/s1. The van der Waals surface area contributed by atoms with E-state index in [1.165, 1.54) is 13.2 Å². The van der Waals surface area contributed by atoms with E-state index >= 15 is 0 Å². The summed E-state index contributed by atoms with van der Waals surface area (Å²) in [5, 5.41) is 20.9. The highest BCUT2D eigenvalue weighted by molar-refractivity contribution is 5.90. The van der Waals surface area contributed by atoms with Gasteiger partial charge in [-0.05, 0) is 12.3 Å². The molecule has 0 unspecified atom stereocenters. The summed E-state index contributed by atoms with van der Waals surface area (Å²) in [6.45, 7) is 3.99. The van der Waals surface area contributed by atoms with Gasteiger partial charge in [-0.1, -0.05) is 44.2 Å². The summed E-state index contributed by atoms with van der Waals surface area (Å²) in [5.41, 5.74) is 0.675. The van der Waals surface area contributed by atoms with Crippen LogP contribution in [0.25, 0.3) is 22.3 Å². The second kappa shape index (κ2) is 8.39. The van der Waals surface area contributed by atoms with Gasteiger partial charge in [0.05, 0.1) is 13.5 Å². The first-order valence-electron chi connectivity index (χ1n) is 9.46. The zero-order valence-corrected chi connectivity index (χ0v) is 16.6. The van der Waals surface area contributed by atoms with Crippen LogP contribution in [0.1, 0.15) is 38.2 Å². The lowest BCUT2D eigenvalue weighted by molar-refractivity contribution is -0.141. The fraction of sp³-hybridized carbons (Fsp3) is 0.304. The fourth-order valence-corrected chi connectivity index (χ4v) is 3.62. The minimum absolute atomic E-state index is 0.0153. The number of esters is 1. The Labute approximate surface area is 168 Å². The summed E-state index contributed by atoms with van der Waals surface area (Å²) in [6, 6.07) is 11.5. The molecule has 0 aliphatic heterocycles. The van der Waals surface area contributed by atoms with Crippen molar-refractivity contribution in [3.8, 4) is 22.8 Å². The molecule has 3 aromatic rings. The Morgan fingerprint density at radius 2 is 1.79 bits per heavy atom. The van der Waals surface area contributed by atoms with E-state index in [0.717, 1.165) is 6.07 Å². The van der Waals surface area contributed by atoms with Crippen molar-refractivity contribution in [3.05, 3.63) is 58.3 Å². The number of rotatable bonds is 6. The molecule has 0 saturated carbocycles. The molecule has 1 heterocycles. The highest BCUT2D eigenvalue weighted by Gasteiger charge is 2.27. The molecule has 1 atom stereocenters. The van der Waals surface area contributed by atoms with Gasteiger partial charge in [-0.2, -0.15) is 0 Å². The van der Waals surface area contributed by atoms with Gasteiger partial charge < -0.3 is 19.4 Å². The van der Waals surface area contributed by atoms with E-state index in [9.17, 15) is 19.8 Å². The van der Waals surface area contributed by atoms with Crippen molar-refractivity contribution in [1.29, 1.82) is 0 Å². The minimum atomic E-state index is -0.445. The Morgan fingerprint density at radius 3 is 2.41 bits per heavy atom. The first-order chi connectivity index (χ1) is 13.8. The molecule has 0 spiro atoms. The molecule has 2 aromatic carbocycles. The summed E-state index contributed by atoms with van der Waals surface area (Å²) in [5.74, 6) is -0.945. The molecule has 0 saturated heterocycles. The average molecular weight is 396 g/mol. The number of carbonyl (C=O) groups is 1. The number of fused-ring (bicyclic) bond motifs is 1. The lowest BCUT2D eigenvalue weighted by atomic mass is 9.86. The summed E-state index contributed by atoms with van der Waals surface area (Å²) in [6.07, 6.45) is 0.573. The quantitative estimate of drug-likeness (QED) is 0.593. The summed E-state index contributed by atoms with van der Waals surface area (Å²) >= 11 is 0. The maximum absolute atomic E-state index is 12.8. The molecular formula is C23H24O6. The Hall–Kier alpha value is -3.28. The molecule has 0 aliphatic rings. The van der Waals surface area contributed by atoms with Crippen molar-refractivity contribution in [2.45, 2.75) is 32.6 Å². The van der Waals surface area contributed by atoms with Crippen molar-refractivity contribution in [1.82, 2.24) is 0 Å². The van der Waals surface area contributed by atoms with Crippen molar-refractivity contribution in [3.63, 3.8) is 0 Å². The molecule has 2 N–H and O–H groups in total. The predicted molar refractivity (Wildman–Crippen MR) is 110 cm³/mol. The van der Waals surface area contributed by atoms with Gasteiger partial charge in [0.2, 0.25) is 0 Å². The number of hydrogen-bond donors (Lipinski definition) is 2. The number of phenolic OH excluding ortho intramolecular Hbond substituents is 2. The van der Waals surface area contributed by atoms with E-state index in [4.69, 9.17) is 9.15 Å². The first-order valence-corrected chi connectivity index (χ1v) is 9.46. The first kappa shape index (κ1) is 20.5. The van der Waals surface area contributed by atoms with Crippen LogP contribution >= 0.6 is 0 Å². The van der Waals surface area contributed by atoms with Crippen LogP contribution < -0.4 is 5.43 Å². The molecule has 0 aliphatic carbocycles. The largest absolute Gasteiger partial charge is 0.507 e. The number of aromatic hydroxyl groups is 2. The fourth-order valence-electron chi connectivity index (χ4n) is 3.62. The van der Waals surface area contributed by atoms with Crippen LogP contribution in [0.5, 0.6) is 11.5 Å². The van der Waals surface area contributed by atoms with Crippen LogP contribution in [-0.4, -0.2) is 23.3 Å². The molecule has 1 aromatic heterocycles. The smallest absolute Gasteiger partial charge is 0.306 e. The molecule has 0 fully saturated rings. The van der Waals surface area contributed by atoms with Gasteiger partial charge in [0.15, 0.2) is 5.43 Å². The van der Waals surface area contributed by atoms with E-state index in [2.05, 4.69) is 0 Å². The highest BCUT2D eigenvalue weighted by Crippen LogP contribution is 2.42. The zero-order valence-electron chi connectivity index (χ0n) is 16.6. The monoisotopic (exact) mass is 396 g/mol. The number of ether oxygens (including phenoxy) is 1. The van der Waals surface area contributed by atoms with Gasteiger partial charge >= 0.3 is 5.97 Å². The molecule has 6 nitrogen and oxygen atoms in total. The van der Waals surface area contributed by atoms with Crippen LogP contribution in [0, 0.1) is 5.92 Å². The number of phenols is 2. The lowest BCUT2D eigenvalue weighted by Crippen LogP contribution is -2.13. The molecule has 3 rings (SSSR count). The Balaban J connectivity index is 2.30. The Bertz CT molecular complexity index is 1080. The number of methoxy groups -OCH3 is 1. The number of hydrogen-bond acceptors (Lipinski definition) is 6. The van der Waals surface area contributed by atoms with Crippen LogP contribution in [0.4, 0.5) is 0 Å². The van der Waals surface area contributed by atoms with Crippen molar-refractivity contribution in [2.75, 3.05) is 7.11 Å². The van der Waals surface area contributed by atoms with Crippen LogP contribution in [0.2, 0.25) is 0 Å². The highest BCUT2D eigenvalue weighted by atomic mass is 16.5. The van der Waals surface area contributed by atoms with E-state index in [0.29, 0.717) is 23.3 Å². The third-order valence-electron chi connectivity index (χ3n) is 4.86. The summed E-state index contributed by atoms with van der Waals surface area (Å²) in [4.78, 5) is 24.8. The maximum atomic E-state index is 12.8. The minimum Gasteiger partial charge on any atom is -0.507 e. The van der Waals surface area contributed by atoms with E-state index in [1.807, 2.05) is 32.0 Å². The average Bonchev–Trinajstić information content (AvgIpc) is 2.67. The van der Waals surface area contributed by atoms with E-state index < -0.39 is 17.3 Å². The summed E-state index contributed by atoms with van der Waals surface area (Å²) < 4.78 is 10.8. The normalized spacial score (nSPS) is 12.3. The van der Waals surface area contributed by atoms with E-state index in [1.54, 1.807) is 12.1 Å². The van der Waals surface area contributed by atoms with Crippen molar-refractivity contribution >= 4 is 16.9 Å². The number of carbonyl (C=O) groups excluding carboxylic acids is 1. The third-order valence-corrected chi connectivity index (χ3v) is 4.86. The Morgan fingerprint density at radius 1 is 1.10 bits per heavy atom. The van der Waals surface area contributed by atoms with E-state index in [-0.39, 0.29) is 34.8 Å². The van der Waals surface area contributed by atoms with Gasteiger partial charge in [0.1, 0.15) is 28.2 Å². The van der Waals surface area contributed by atoms with Crippen LogP contribution in [0.15, 0.2) is 51.7 Å². The summed E-state index contributed by atoms with van der Waals surface area (Å²) in [7, 11) is 1.30. The third kappa shape index (κ3) is 4.26. The second-order valence-corrected chi connectivity index (χ2v) is 7.48. The van der Waals surface area contributed by atoms with Gasteiger partial charge in [-0.15, -0.1) is 0 Å². The van der Waals surface area contributed by atoms with Gasteiger partial charge in [-0.25, -0.2) is 0 Å². The molecular weight excluding hydrogens is 372 g/mol. The number of benzene rings is 2. The predicted octanol–water partition coefficient (Wildman–Crippen LogP) is 4.56. The molecule has 152 valence electrons. The SMILES string of the molecule is COC(=O)C[C@H](CC(C)C)c1c(O)cc(O)c2c(=O)cc(-c3ccccc3)oc12. The van der Waals surface area contributed by atoms with Crippen LogP contribution in [-0.2, 0) is 9.53 Å². The molecule has 0 radical (unpaired) electrons. The molecule has 29 heavy (non-hydrogen) atoms. The van der Waals surface area contributed by atoms with Gasteiger partial charge in [0.25, 0.3) is 0 Å². The Kier molecular flexibility index (Phi) is 5.92. The molecule has 6 heteroatoms. The van der Waals surface area contributed by atoms with Crippen molar-refractivity contribution in [2.24, 2.45) is 5.92 Å². The molecule has 0 bridgehead atoms. The lowest BCUT2D eigenvalue weighted by Gasteiger charge is -2.21. The molecule has 0 amide bonds. The van der Waals surface area contributed by atoms with Gasteiger partial charge in [-0.3, -0.25) is 9.59 Å². The zero-order chi connectivity index (χ0) is 21.1. The second-order valence-electron chi connectivity index (χ2n) is 7.48. The van der Waals surface area contributed by atoms with Crippen LogP contribution in [0.3, 0.4) is 0 Å².